The van der Waals surface area contributed by atoms with Crippen molar-refractivity contribution >= 4 is 48.5 Å². The average molecular weight is 515 g/mol. The maximum absolute atomic E-state index is 13.5. The number of ketones is 1. The van der Waals surface area contributed by atoms with E-state index in [1.165, 1.54) is 28.0 Å². The van der Waals surface area contributed by atoms with Crippen LogP contribution < -0.4 is 0 Å². The fourth-order valence-electron chi connectivity index (χ4n) is 3.83. The van der Waals surface area contributed by atoms with Crippen LogP contribution in [-0.2, 0) is 9.84 Å². The third kappa shape index (κ3) is 3.52. The lowest BCUT2D eigenvalue weighted by Crippen LogP contribution is -2.04. The minimum atomic E-state index is -3.42. The van der Waals surface area contributed by atoms with Crippen LogP contribution in [0.15, 0.2) is 50.4 Å². The van der Waals surface area contributed by atoms with Gasteiger partial charge in [-0.2, -0.15) is 11.3 Å². The number of hydrogen-bond acceptors (Lipinski definition) is 9. The highest BCUT2D eigenvalue weighted by molar-refractivity contribution is 7.90. The Balaban J connectivity index is 1.78. The molecule has 0 aliphatic carbocycles. The largest absolute Gasteiger partial charge is 0.503 e. The molecule has 4 aromatic heterocycles. The summed E-state index contributed by atoms with van der Waals surface area (Å²) in [6.45, 7) is 3.38. The highest BCUT2D eigenvalue weighted by Gasteiger charge is 2.32. The quantitative estimate of drug-likeness (QED) is 0.314. The monoisotopic (exact) mass is 514 g/mol. The van der Waals surface area contributed by atoms with E-state index in [4.69, 9.17) is 4.42 Å². The molecule has 0 saturated heterocycles. The van der Waals surface area contributed by atoms with Gasteiger partial charge in [-0.1, -0.05) is 11.3 Å². The van der Waals surface area contributed by atoms with Crippen molar-refractivity contribution in [3.63, 3.8) is 0 Å². The molecule has 2 N–H and O–H groups in total. The maximum Gasteiger partial charge on any atom is 0.242 e. The van der Waals surface area contributed by atoms with E-state index in [9.17, 15) is 23.4 Å². The van der Waals surface area contributed by atoms with Crippen LogP contribution in [0.1, 0.15) is 27.4 Å². The van der Waals surface area contributed by atoms with Crippen LogP contribution in [0.25, 0.3) is 26.6 Å². The molecule has 0 aliphatic rings. The molecule has 0 aliphatic heterocycles. The summed E-state index contributed by atoms with van der Waals surface area (Å²) in [4.78, 5) is 18.2. The van der Waals surface area contributed by atoms with Gasteiger partial charge in [0.1, 0.15) is 11.5 Å². The molecule has 1 aromatic carbocycles. The minimum Gasteiger partial charge on any atom is -0.503 e. The molecule has 0 fully saturated rings. The summed E-state index contributed by atoms with van der Waals surface area (Å²) in [5.74, 6) is -0.652. The molecule has 0 spiro atoms. The van der Waals surface area contributed by atoms with E-state index < -0.39 is 27.2 Å². The Hall–Kier alpha value is -3.41. The van der Waals surface area contributed by atoms with Gasteiger partial charge in [-0.3, -0.25) is 9.36 Å². The van der Waals surface area contributed by atoms with Gasteiger partial charge in [-0.05, 0) is 49.6 Å². The van der Waals surface area contributed by atoms with Crippen molar-refractivity contribution in [2.75, 3.05) is 6.26 Å². The van der Waals surface area contributed by atoms with E-state index in [-0.39, 0.29) is 26.8 Å². The van der Waals surface area contributed by atoms with Gasteiger partial charge in [0.2, 0.25) is 11.7 Å². The maximum atomic E-state index is 13.5. The van der Waals surface area contributed by atoms with Gasteiger partial charge in [0.05, 0.1) is 31.9 Å². The van der Waals surface area contributed by atoms with Gasteiger partial charge in [-0.15, -0.1) is 0 Å². The standard InChI is InChI=1S/C23H18N2O6S3/c1-11-8-15(12(2)31-11)20(26)18-19(13-6-7-32-10-13)25(22(28)21(18)27)23-24-16-5-4-14(34(3,29)30)9-17(16)33-23/h4-10,27-28H,1-3H3. The third-order valence-corrected chi connectivity index (χ3v) is 8.19. The Morgan fingerprint density at radius 2 is 1.91 bits per heavy atom. The van der Waals surface area contributed by atoms with Crippen LogP contribution in [0.4, 0.5) is 0 Å². The van der Waals surface area contributed by atoms with Gasteiger partial charge in [-0.25, -0.2) is 13.4 Å². The summed E-state index contributed by atoms with van der Waals surface area (Å²) in [6, 6.07) is 7.93. The van der Waals surface area contributed by atoms with E-state index in [1.807, 2.05) is 5.38 Å². The molecule has 4 heterocycles. The summed E-state index contributed by atoms with van der Waals surface area (Å²) in [5.41, 5.74) is 1.62. The number of aryl methyl sites for hydroxylation is 2. The Kier molecular flexibility index (Phi) is 5.15. The third-order valence-electron chi connectivity index (χ3n) is 5.40. The first-order chi connectivity index (χ1) is 16.1. The van der Waals surface area contributed by atoms with Crippen molar-refractivity contribution in [1.82, 2.24) is 9.55 Å². The van der Waals surface area contributed by atoms with Crippen molar-refractivity contribution in [1.29, 1.82) is 0 Å². The molecular formula is C23H18N2O6S3. The van der Waals surface area contributed by atoms with Crippen LogP contribution >= 0.6 is 22.7 Å². The Bertz CT molecular complexity index is 1690. The molecule has 0 radical (unpaired) electrons. The van der Waals surface area contributed by atoms with Crippen molar-refractivity contribution in [2.24, 2.45) is 0 Å². The first-order valence-electron chi connectivity index (χ1n) is 9.98. The fraction of sp³-hybridized carbons (Fsp3) is 0.130. The highest BCUT2D eigenvalue weighted by atomic mass is 32.2. The van der Waals surface area contributed by atoms with Crippen molar-refractivity contribution in [3.05, 3.63) is 63.7 Å². The van der Waals surface area contributed by atoms with Gasteiger partial charge < -0.3 is 14.6 Å². The Morgan fingerprint density at radius 1 is 1.15 bits per heavy atom. The molecule has 174 valence electrons. The number of nitrogens with zero attached hydrogens (tertiary/aromatic N) is 2. The lowest BCUT2D eigenvalue weighted by Gasteiger charge is -2.07. The van der Waals surface area contributed by atoms with E-state index >= 15 is 0 Å². The molecule has 5 rings (SSSR count). The number of aromatic nitrogens is 2. The predicted molar refractivity (Wildman–Crippen MR) is 130 cm³/mol. The van der Waals surface area contributed by atoms with E-state index in [2.05, 4.69) is 4.98 Å². The number of benzene rings is 1. The number of sulfone groups is 1. The first-order valence-corrected chi connectivity index (χ1v) is 13.6. The summed E-state index contributed by atoms with van der Waals surface area (Å²) in [6.07, 6.45) is 1.12. The number of hydrogen-bond donors (Lipinski definition) is 2. The van der Waals surface area contributed by atoms with Crippen molar-refractivity contribution in [3.8, 4) is 28.0 Å². The second-order valence-electron chi connectivity index (χ2n) is 7.80. The molecular weight excluding hydrogens is 496 g/mol. The zero-order valence-electron chi connectivity index (χ0n) is 18.2. The van der Waals surface area contributed by atoms with Crippen molar-refractivity contribution < 1.29 is 27.8 Å². The van der Waals surface area contributed by atoms with Crippen LogP contribution in [0.2, 0.25) is 0 Å². The van der Waals surface area contributed by atoms with Gasteiger partial charge >= 0.3 is 0 Å². The zero-order chi connectivity index (χ0) is 24.4. The number of carbonyl (C=O) groups is 1. The molecule has 34 heavy (non-hydrogen) atoms. The highest BCUT2D eigenvalue weighted by Crippen LogP contribution is 2.46. The molecule has 0 bridgehead atoms. The van der Waals surface area contributed by atoms with Gasteiger partial charge in [0.15, 0.2) is 20.7 Å². The second kappa shape index (κ2) is 7.83. The number of furan rings is 1. The first kappa shape index (κ1) is 22.4. The van der Waals surface area contributed by atoms with Crippen LogP contribution in [-0.4, -0.2) is 40.2 Å². The number of carbonyl (C=O) groups excluding carboxylic acids is 1. The zero-order valence-corrected chi connectivity index (χ0v) is 20.6. The van der Waals surface area contributed by atoms with E-state index in [1.54, 1.807) is 37.4 Å². The summed E-state index contributed by atoms with van der Waals surface area (Å²) in [5, 5.41) is 25.7. The van der Waals surface area contributed by atoms with E-state index in [0.29, 0.717) is 27.3 Å². The summed E-state index contributed by atoms with van der Waals surface area (Å²) in [7, 11) is -3.42. The number of aromatic hydroxyl groups is 2. The molecule has 8 nitrogen and oxygen atoms in total. The SMILES string of the molecule is Cc1cc(C(=O)c2c(O)c(O)n(-c3nc4ccc(S(C)(=O)=O)cc4s3)c2-c2ccsc2)c(C)o1. The Labute approximate surface area is 202 Å². The van der Waals surface area contributed by atoms with E-state index in [0.717, 1.165) is 17.6 Å². The number of thiophene rings is 1. The smallest absolute Gasteiger partial charge is 0.242 e. The number of thiazole rings is 1. The van der Waals surface area contributed by atoms with Crippen LogP contribution in [0.3, 0.4) is 0 Å². The number of fused-ring (bicyclic) bond motifs is 1. The predicted octanol–water partition coefficient (Wildman–Crippen LogP) is 5.07. The molecule has 11 heteroatoms. The molecule has 0 atom stereocenters. The molecule has 0 amide bonds. The average Bonchev–Trinajstić information content (AvgIpc) is 3.53. The minimum absolute atomic E-state index is 0.0733. The molecule has 5 aromatic rings. The lowest BCUT2D eigenvalue weighted by molar-refractivity contribution is 0.103. The summed E-state index contributed by atoms with van der Waals surface area (Å²) < 4.78 is 31.3. The number of rotatable bonds is 5. The normalized spacial score (nSPS) is 12.0. The topological polar surface area (TPSA) is 123 Å². The fourth-order valence-corrected chi connectivity index (χ4v) is 6.21. The molecule has 0 unspecified atom stereocenters. The van der Waals surface area contributed by atoms with Crippen LogP contribution in [0.5, 0.6) is 11.6 Å². The van der Waals surface area contributed by atoms with Crippen molar-refractivity contribution in [2.45, 2.75) is 18.7 Å². The second-order valence-corrected chi connectivity index (χ2v) is 11.6. The molecule has 0 saturated carbocycles. The van der Waals surface area contributed by atoms with Gasteiger partial charge in [0.25, 0.3) is 0 Å². The van der Waals surface area contributed by atoms with Gasteiger partial charge in [0, 0.05) is 17.2 Å². The summed E-state index contributed by atoms with van der Waals surface area (Å²) >= 11 is 2.53. The Morgan fingerprint density at radius 3 is 2.53 bits per heavy atom. The lowest BCUT2D eigenvalue weighted by atomic mass is 10.0. The van der Waals surface area contributed by atoms with Crippen LogP contribution in [0, 0.1) is 13.8 Å².